The number of rotatable bonds is 2. The molecule has 1 heterocycles. The van der Waals surface area contributed by atoms with Crippen LogP contribution in [0, 0.1) is 0 Å². The Bertz CT molecular complexity index is 476. The first-order valence-electron chi connectivity index (χ1n) is 4.75. The van der Waals surface area contributed by atoms with Gasteiger partial charge in [-0.25, -0.2) is 0 Å². The van der Waals surface area contributed by atoms with Crippen LogP contribution in [-0.2, 0) is 0 Å². The van der Waals surface area contributed by atoms with E-state index in [4.69, 9.17) is 10.2 Å². The first-order chi connectivity index (χ1) is 7.11. The third-order valence-electron chi connectivity index (χ3n) is 2.36. The molecule has 1 aromatic carbocycles. The highest BCUT2D eigenvalue weighted by Gasteiger charge is 2.22. The van der Waals surface area contributed by atoms with Gasteiger partial charge in [0.25, 0.3) is 0 Å². The third kappa shape index (κ3) is 1.58. The number of para-hydroxylation sites is 1. The van der Waals surface area contributed by atoms with E-state index in [2.05, 4.69) is 0 Å². The molecule has 0 saturated heterocycles. The summed E-state index contributed by atoms with van der Waals surface area (Å²) in [6, 6.07) is 6.56. The van der Waals surface area contributed by atoms with E-state index in [1.165, 1.54) is 0 Å². The highest BCUT2D eigenvalue weighted by atomic mass is 16.4. The van der Waals surface area contributed by atoms with Gasteiger partial charge in [-0.3, -0.25) is 0 Å². The Morgan fingerprint density at radius 3 is 2.60 bits per heavy atom. The molecule has 0 aliphatic carbocycles. The van der Waals surface area contributed by atoms with Crippen LogP contribution in [-0.4, -0.2) is 16.3 Å². The molecule has 15 heavy (non-hydrogen) atoms. The van der Waals surface area contributed by atoms with Crippen LogP contribution < -0.4 is 5.73 Å². The lowest BCUT2D eigenvalue weighted by Gasteiger charge is -2.11. The molecular formula is C11H13NO3. The molecule has 0 aliphatic rings. The summed E-state index contributed by atoms with van der Waals surface area (Å²) in [5.74, 6) is 0.0987. The van der Waals surface area contributed by atoms with E-state index >= 15 is 0 Å². The van der Waals surface area contributed by atoms with Crippen LogP contribution in [0.5, 0.6) is 5.75 Å². The van der Waals surface area contributed by atoms with Gasteiger partial charge in [-0.1, -0.05) is 12.1 Å². The summed E-state index contributed by atoms with van der Waals surface area (Å²) in [5, 5.41) is 20.1. The summed E-state index contributed by atoms with van der Waals surface area (Å²) in [6.07, 6.45) is -0.989. The van der Waals surface area contributed by atoms with Gasteiger partial charge in [-0.15, -0.1) is 0 Å². The van der Waals surface area contributed by atoms with E-state index in [1.54, 1.807) is 31.2 Å². The molecule has 80 valence electrons. The standard InChI is InChI=1S/C11H13NO3/c1-6(12)9(13)11-10(14)7-4-2-3-5-8(7)15-11/h2-6,9,13-14H,12H2,1H3. The van der Waals surface area contributed by atoms with Crippen LogP contribution in [0.3, 0.4) is 0 Å². The quantitative estimate of drug-likeness (QED) is 0.697. The SMILES string of the molecule is CC(N)C(O)c1oc2ccccc2c1O. The minimum Gasteiger partial charge on any atom is -0.504 e. The number of aliphatic hydroxyl groups is 1. The minimum absolute atomic E-state index is 0.0320. The average molecular weight is 207 g/mol. The largest absolute Gasteiger partial charge is 0.504 e. The molecule has 2 aromatic rings. The van der Waals surface area contributed by atoms with Crippen molar-refractivity contribution in [3.63, 3.8) is 0 Å². The van der Waals surface area contributed by atoms with E-state index < -0.39 is 12.1 Å². The topological polar surface area (TPSA) is 79.6 Å². The Morgan fingerprint density at radius 1 is 1.33 bits per heavy atom. The monoisotopic (exact) mass is 207 g/mol. The molecule has 0 spiro atoms. The molecule has 0 radical (unpaired) electrons. The summed E-state index contributed by atoms with van der Waals surface area (Å²) in [7, 11) is 0. The number of furan rings is 1. The van der Waals surface area contributed by atoms with Gasteiger partial charge in [0.2, 0.25) is 0 Å². The van der Waals surface area contributed by atoms with Gasteiger partial charge in [0.05, 0.1) is 5.39 Å². The van der Waals surface area contributed by atoms with Gasteiger partial charge in [0.1, 0.15) is 11.7 Å². The highest BCUT2D eigenvalue weighted by Crippen LogP contribution is 2.36. The third-order valence-corrected chi connectivity index (χ3v) is 2.36. The van der Waals surface area contributed by atoms with E-state index in [-0.39, 0.29) is 11.5 Å². The normalized spacial score (nSPS) is 15.4. The summed E-state index contributed by atoms with van der Waals surface area (Å²) < 4.78 is 5.34. The average Bonchev–Trinajstić information content (AvgIpc) is 2.56. The summed E-state index contributed by atoms with van der Waals surface area (Å²) in [5.41, 5.74) is 6.08. The molecule has 0 bridgehead atoms. The molecule has 2 unspecified atom stereocenters. The van der Waals surface area contributed by atoms with Gasteiger partial charge >= 0.3 is 0 Å². The number of aliphatic hydroxyl groups excluding tert-OH is 1. The van der Waals surface area contributed by atoms with Crippen molar-refractivity contribution < 1.29 is 14.6 Å². The molecular weight excluding hydrogens is 194 g/mol. The molecule has 4 nitrogen and oxygen atoms in total. The number of hydrogen-bond acceptors (Lipinski definition) is 4. The minimum atomic E-state index is -0.989. The Kier molecular flexibility index (Phi) is 2.38. The zero-order chi connectivity index (χ0) is 11.0. The second-order valence-electron chi connectivity index (χ2n) is 3.62. The summed E-state index contributed by atoms with van der Waals surface area (Å²) in [4.78, 5) is 0. The number of fused-ring (bicyclic) bond motifs is 1. The molecule has 2 atom stereocenters. The van der Waals surface area contributed by atoms with Gasteiger partial charge < -0.3 is 20.4 Å². The lowest BCUT2D eigenvalue weighted by atomic mass is 10.1. The van der Waals surface area contributed by atoms with Gasteiger partial charge in [0.15, 0.2) is 11.5 Å². The molecule has 1 aromatic heterocycles. The highest BCUT2D eigenvalue weighted by molar-refractivity contribution is 5.85. The first kappa shape index (κ1) is 10.0. The molecule has 0 fully saturated rings. The van der Waals surface area contributed by atoms with Crippen molar-refractivity contribution in [1.29, 1.82) is 0 Å². The number of benzene rings is 1. The maximum Gasteiger partial charge on any atom is 0.176 e. The fraction of sp³-hybridized carbons (Fsp3) is 0.273. The van der Waals surface area contributed by atoms with Crippen molar-refractivity contribution in [2.45, 2.75) is 19.1 Å². The zero-order valence-electron chi connectivity index (χ0n) is 8.34. The van der Waals surface area contributed by atoms with Gasteiger partial charge in [-0.2, -0.15) is 0 Å². The smallest absolute Gasteiger partial charge is 0.176 e. The fourth-order valence-electron chi connectivity index (χ4n) is 1.49. The molecule has 0 amide bonds. The van der Waals surface area contributed by atoms with Crippen molar-refractivity contribution in [3.05, 3.63) is 30.0 Å². The number of hydrogen-bond donors (Lipinski definition) is 3. The molecule has 0 saturated carbocycles. The summed E-state index contributed by atoms with van der Waals surface area (Å²) in [6.45, 7) is 1.65. The molecule has 4 N–H and O–H groups in total. The van der Waals surface area contributed by atoms with Crippen LogP contribution in [0.15, 0.2) is 28.7 Å². The first-order valence-corrected chi connectivity index (χ1v) is 4.75. The Morgan fingerprint density at radius 2 is 2.00 bits per heavy atom. The predicted octanol–water partition coefficient (Wildman–Crippen LogP) is 1.52. The second-order valence-corrected chi connectivity index (χ2v) is 3.62. The fourth-order valence-corrected chi connectivity index (χ4v) is 1.49. The van der Waals surface area contributed by atoms with Crippen LogP contribution >= 0.6 is 0 Å². The van der Waals surface area contributed by atoms with Crippen molar-refractivity contribution >= 4 is 11.0 Å². The van der Waals surface area contributed by atoms with Crippen LogP contribution in [0.1, 0.15) is 18.8 Å². The zero-order valence-corrected chi connectivity index (χ0v) is 8.34. The van der Waals surface area contributed by atoms with Crippen molar-refractivity contribution in [2.75, 3.05) is 0 Å². The molecule has 0 aliphatic heterocycles. The van der Waals surface area contributed by atoms with E-state index in [1.807, 2.05) is 0 Å². The number of aromatic hydroxyl groups is 1. The van der Waals surface area contributed by atoms with E-state index in [0.29, 0.717) is 11.0 Å². The lowest BCUT2D eigenvalue weighted by molar-refractivity contribution is 0.125. The van der Waals surface area contributed by atoms with Crippen LogP contribution in [0.25, 0.3) is 11.0 Å². The van der Waals surface area contributed by atoms with E-state index in [9.17, 15) is 10.2 Å². The Hall–Kier alpha value is -1.52. The van der Waals surface area contributed by atoms with Crippen molar-refractivity contribution in [1.82, 2.24) is 0 Å². The second kappa shape index (κ2) is 3.56. The van der Waals surface area contributed by atoms with Crippen LogP contribution in [0.4, 0.5) is 0 Å². The maximum absolute atomic E-state index is 9.80. The number of nitrogens with two attached hydrogens (primary N) is 1. The van der Waals surface area contributed by atoms with Crippen molar-refractivity contribution in [2.24, 2.45) is 5.73 Å². The van der Waals surface area contributed by atoms with Gasteiger partial charge in [-0.05, 0) is 19.1 Å². The van der Waals surface area contributed by atoms with Crippen LogP contribution in [0.2, 0.25) is 0 Å². The van der Waals surface area contributed by atoms with Gasteiger partial charge in [0, 0.05) is 6.04 Å². The molecule has 4 heteroatoms. The van der Waals surface area contributed by atoms with E-state index in [0.717, 1.165) is 0 Å². The Labute approximate surface area is 86.9 Å². The lowest BCUT2D eigenvalue weighted by Crippen LogP contribution is -2.24. The predicted molar refractivity (Wildman–Crippen MR) is 56.5 cm³/mol. The Balaban J connectivity index is 2.58. The maximum atomic E-state index is 9.80. The summed E-state index contributed by atoms with van der Waals surface area (Å²) >= 11 is 0. The molecule has 2 rings (SSSR count). The van der Waals surface area contributed by atoms with Crippen molar-refractivity contribution in [3.8, 4) is 5.75 Å².